The van der Waals surface area contributed by atoms with Crippen molar-refractivity contribution in [2.75, 3.05) is 31.5 Å². The van der Waals surface area contributed by atoms with Gasteiger partial charge < -0.3 is 15.5 Å². The number of rotatable bonds is 6. The lowest BCUT2D eigenvalue weighted by Gasteiger charge is -2.14. The molecule has 138 valence electrons. The van der Waals surface area contributed by atoms with Gasteiger partial charge in [0.05, 0.1) is 0 Å². The van der Waals surface area contributed by atoms with E-state index in [0.717, 1.165) is 17.7 Å². The van der Waals surface area contributed by atoms with E-state index in [1.807, 2.05) is 12.4 Å². The zero-order valence-corrected chi connectivity index (χ0v) is 15.9. The minimum atomic E-state index is -0.00516. The summed E-state index contributed by atoms with van der Waals surface area (Å²) in [4.78, 5) is 23.4. The van der Waals surface area contributed by atoms with E-state index in [1.165, 1.54) is 16.0 Å². The normalized spacial score (nSPS) is 13.7. The minimum Gasteiger partial charge on any atom is -0.352 e. The molecule has 0 bridgehead atoms. The Kier molecular flexibility index (Phi) is 5.02. The highest BCUT2D eigenvalue weighted by atomic mass is 32.1. The van der Waals surface area contributed by atoms with E-state index in [4.69, 9.17) is 0 Å². The molecule has 2 N–H and O–H groups in total. The summed E-state index contributed by atoms with van der Waals surface area (Å²) in [7, 11) is 0. The molecule has 1 aromatic carbocycles. The Hall–Kier alpha value is -2.93. The predicted molar refractivity (Wildman–Crippen MR) is 109 cm³/mol. The van der Waals surface area contributed by atoms with Gasteiger partial charge in [0.1, 0.15) is 0 Å². The lowest BCUT2D eigenvalue weighted by Crippen LogP contribution is -2.32. The number of benzene rings is 1. The Balaban J connectivity index is 1.40. The third-order valence-corrected chi connectivity index (χ3v) is 5.51. The summed E-state index contributed by atoms with van der Waals surface area (Å²) >= 11 is 1.75. The first-order valence-corrected chi connectivity index (χ1v) is 9.82. The van der Waals surface area contributed by atoms with Gasteiger partial charge in [0.2, 0.25) is 5.95 Å². The van der Waals surface area contributed by atoms with E-state index < -0.39 is 0 Å². The van der Waals surface area contributed by atoms with E-state index in [-0.39, 0.29) is 6.03 Å². The average Bonchev–Trinajstić information content (AvgIpc) is 3.35. The molecule has 3 heterocycles. The summed E-state index contributed by atoms with van der Waals surface area (Å²) in [5, 5.41) is 8.05. The monoisotopic (exact) mass is 379 g/mol. The van der Waals surface area contributed by atoms with Gasteiger partial charge in [-0.15, -0.1) is 11.3 Å². The molecular formula is C20H21N5OS. The predicted octanol–water partition coefficient (Wildman–Crippen LogP) is 3.62. The lowest BCUT2D eigenvalue weighted by molar-refractivity contribution is 0.219. The van der Waals surface area contributed by atoms with Crippen molar-refractivity contribution in [1.82, 2.24) is 20.2 Å². The van der Waals surface area contributed by atoms with Crippen LogP contribution in [0.1, 0.15) is 5.56 Å². The van der Waals surface area contributed by atoms with Crippen molar-refractivity contribution in [1.29, 1.82) is 0 Å². The first-order chi connectivity index (χ1) is 13.2. The summed E-state index contributed by atoms with van der Waals surface area (Å²) in [5.41, 5.74) is 4.59. The number of nitrogens with zero attached hydrogens (tertiary/aromatic N) is 3. The van der Waals surface area contributed by atoms with Gasteiger partial charge in [0, 0.05) is 49.0 Å². The quantitative estimate of drug-likeness (QED) is 0.686. The van der Waals surface area contributed by atoms with Crippen LogP contribution in [0.4, 0.5) is 10.7 Å². The number of aromatic nitrogens is 2. The number of carbonyl (C=O) groups excluding carboxylic acids is 1. The zero-order chi connectivity index (χ0) is 18.6. The van der Waals surface area contributed by atoms with Crippen LogP contribution in [0, 0.1) is 6.92 Å². The SMILES string of the molecule is Cc1cc(-c2cnc(NCCN3CCNC3=O)nc2)ccc1-c1cccs1. The van der Waals surface area contributed by atoms with Gasteiger partial charge in [0.25, 0.3) is 0 Å². The smallest absolute Gasteiger partial charge is 0.317 e. The molecule has 0 atom stereocenters. The first-order valence-electron chi connectivity index (χ1n) is 8.94. The average molecular weight is 379 g/mol. The highest BCUT2D eigenvalue weighted by molar-refractivity contribution is 7.13. The maximum atomic E-state index is 11.5. The largest absolute Gasteiger partial charge is 0.352 e. The van der Waals surface area contributed by atoms with E-state index in [2.05, 4.69) is 63.2 Å². The number of anilines is 1. The van der Waals surface area contributed by atoms with Gasteiger partial charge in [-0.05, 0) is 35.1 Å². The molecule has 27 heavy (non-hydrogen) atoms. The molecule has 0 radical (unpaired) electrons. The van der Waals surface area contributed by atoms with Crippen LogP contribution in [0.5, 0.6) is 0 Å². The third-order valence-electron chi connectivity index (χ3n) is 4.61. The molecule has 7 heteroatoms. The Labute approximate surface area is 162 Å². The van der Waals surface area contributed by atoms with Crippen LogP contribution < -0.4 is 10.6 Å². The first kappa shape index (κ1) is 17.5. The molecule has 1 aliphatic rings. The van der Waals surface area contributed by atoms with Crippen molar-refractivity contribution >= 4 is 23.3 Å². The minimum absolute atomic E-state index is 0.00516. The summed E-state index contributed by atoms with van der Waals surface area (Å²) < 4.78 is 0. The van der Waals surface area contributed by atoms with Gasteiger partial charge in [-0.1, -0.05) is 24.3 Å². The topological polar surface area (TPSA) is 70.2 Å². The van der Waals surface area contributed by atoms with Crippen LogP contribution in [-0.4, -0.2) is 47.1 Å². The number of aryl methyl sites for hydroxylation is 1. The summed E-state index contributed by atoms with van der Waals surface area (Å²) in [6, 6.07) is 10.6. The molecule has 4 rings (SSSR count). The van der Waals surface area contributed by atoms with Crippen LogP contribution in [0.25, 0.3) is 21.6 Å². The Morgan fingerprint density at radius 1 is 1.22 bits per heavy atom. The van der Waals surface area contributed by atoms with Crippen molar-refractivity contribution in [2.45, 2.75) is 6.92 Å². The number of amides is 2. The summed E-state index contributed by atoms with van der Waals surface area (Å²) in [6.07, 6.45) is 3.66. The molecule has 0 spiro atoms. The van der Waals surface area contributed by atoms with Gasteiger partial charge >= 0.3 is 6.03 Å². The van der Waals surface area contributed by atoms with Crippen LogP contribution in [0.3, 0.4) is 0 Å². The number of hydrogen-bond donors (Lipinski definition) is 2. The molecule has 1 fully saturated rings. The van der Waals surface area contributed by atoms with Crippen LogP contribution in [0.2, 0.25) is 0 Å². The van der Waals surface area contributed by atoms with Crippen molar-refractivity contribution in [2.24, 2.45) is 0 Å². The molecule has 3 aromatic rings. The number of carbonyl (C=O) groups is 1. The summed E-state index contributed by atoms with van der Waals surface area (Å²) in [6.45, 7) is 4.86. The van der Waals surface area contributed by atoms with Gasteiger partial charge in [-0.3, -0.25) is 0 Å². The van der Waals surface area contributed by atoms with E-state index >= 15 is 0 Å². The number of urea groups is 1. The molecule has 2 amide bonds. The number of thiophene rings is 1. The fraction of sp³-hybridized carbons (Fsp3) is 0.250. The van der Waals surface area contributed by atoms with Crippen LogP contribution in [0.15, 0.2) is 48.1 Å². The molecule has 2 aromatic heterocycles. The van der Waals surface area contributed by atoms with Gasteiger partial charge in [-0.25, -0.2) is 14.8 Å². The second-order valence-electron chi connectivity index (χ2n) is 6.45. The molecule has 0 unspecified atom stereocenters. The van der Waals surface area contributed by atoms with Crippen molar-refractivity contribution in [3.05, 3.63) is 53.7 Å². The maximum absolute atomic E-state index is 11.5. The Bertz CT molecular complexity index is 924. The third kappa shape index (κ3) is 3.93. The highest BCUT2D eigenvalue weighted by Gasteiger charge is 2.18. The molecular weight excluding hydrogens is 358 g/mol. The van der Waals surface area contributed by atoms with E-state index in [9.17, 15) is 4.79 Å². The van der Waals surface area contributed by atoms with Crippen LogP contribution in [-0.2, 0) is 0 Å². The number of hydrogen-bond acceptors (Lipinski definition) is 5. The lowest BCUT2D eigenvalue weighted by atomic mass is 10.0. The maximum Gasteiger partial charge on any atom is 0.317 e. The highest BCUT2D eigenvalue weighted by Crippen LogP contribution is 2.30. The van der Waals surface area contributed by atoms with Crippen molar-refractivity contribution < 1.29 is 4.79 Å². The standard InChI is InChI=1S/C20H21N5OS/c1-14-11-15(4-5-17(14)18-3-2-10-27-18)16-12-23-19(24-13-16)21-6-8-25-9-7-22-20(25)26/h2-5,10-13H,6-9H2,1H3,(H,22,26)(H,21,23,24). The Morgan fingerprint density at radius 2 is 2.07 bits per heavy atom. The molecule has 1 aliphatic heterocycles. The fourth-order valence-corrected chi connectivity index (χ4v) is 3.96. The molecule has 6 nitrogen and oxygen atoms in total. The van der Waals surface area contributed by atoms with Crippen molar-refractivity contribution in [3.8, 4) is 21.6 Å². The second-order valence-corrected chi connectivity index (χ2v) is 7.40. The number of nitrogens with one attached hydrogen (secondary N) is 2. The summed E-state index contributed by atoms with van der Waals surface area (Å²) in [5.74, 6) is 0.574. The fourth-order valence-electron chi connectivity index (χ4n) is 3.15. The van der Waals surface area contributed by atoms with Crippen LogP contribution >= 0.6 is 11.3 Å². The Morgan fingerprint density at radius 3 is 2.74 bits per heavy atom. The molecule has 0 saturated carbocycles. The van der Waals surface area contributed by atoms with E-state index in [1.54, 1.807) is 16.2 Å². The molecule has 0 aliphatic carbocycles. The second kappa shape index (κ2) is 7.75. The van der Waals surface area contributed by atoms with E-state index in [0.29, 0.717) is 25.6 Å². The van der Waals surface area contributed by atoms with Gasteiger partial charge in [0.15, 0.2) is 0 Å². The van der Waals surface area contributed by atoms with Gasteiger partial charge in [-0.2, -0.15) is 0 Å². The zero-order valence-electron chi connectivity index (χ0n) is 15.1. The van der Waals surface area contributed by atoms with Crippen molar-refractivity contribution in [3.63, 3.8) is 0 Å². The molecule has 1 saturated heterocycles.